The average Bonchev–Trinajstić information content (AvgIpc) is 3.09. The second kappa shape index (κ2) is 13.8. The first-order chi connectivity index (χ1) is 7.50. The SMILES string of the molecule is [CH-]1CCCC1.[CH-]1CCCC1.[CH-]1CCCC1.[Pt]. The van der Waals surface area contributed by atoms with E-state index in [1.165, 1.54) is 77.0 Å². The fraction of sp³-hybridized carbons (Fsp3) is 0.800. The van der Waals surface area contributed by atoms with Crippen LogP contribution in [-0.2, 0) is 21.1 Å². The van der Waals surface area contributed by atoms with Crippen LogP contribution in [0.2, 0.25) is 0 Å². The zero-order valence-electron chi connectivity index (χ0n) is 10.5. The predicted octanol–water partition coefficient (Wildman–Crippen LogP) is 5.29. The molecule has 3 fully saturated rings. The van der Waals surface area contributed by atoms with Gasteiger partial charge in [-0.3, -0.25) is 0 Å². The van der Waals surface area contributed by atoms with E-state index in [1.54, 1.807) is 0 Å². The molecule has 3 saturated carbocycles. The normalized spacial score (nSPS) is 22.5. The molecule has 0 heterocycles. The van der Waals surface area contributed by atoms with Crippen LogP contribution in [0.25, 0.3) is 0 Å². The Kier molecular flexibility index (Phi) is 14.3. The fourth-order valence-electron chi connectivity index (χ4n) is 2.17. The summed E-state index contributed by atoms with van der Waals surface area (Å²) in [6, 6.07) is 0. The first-order valence-electron chi connectivity index (χ1n) is 6.95. The molecule has 0 N–H and O–H groups in total. The van der Waals surface area contributed by atoms with E-state index < -0.39 is 0 Å². The van der Waals surface area contributed by atoms with Gasteiger partial charge in [0.15, 0.2) is 0 Å². The number of rotatable bonds is 0. The summed E-state index contributed by atoms with van der Waals surface area (Å²) in [7, 11) is 0. The van der Waals surface area contributed by atoms with E-state index in [0.717, 1.165) is 0 Å². The van der Waals surface area contributed by atoms with Gasteiger partial charge in [-0.2, -0.15) is 38.5 Å². The summed E-state index contributed by atoms with van der Waals surface area (Å²) in [5.74, 6) is 0. The van der Waals surface area contributed by atoms with Crippen LogP contribution >= 0.6 is 0 Å². The van der Waals surface area contributed by atoms with E-state index >= 15 is 0 Å². The van der Waals surface area contributed by atoms with E-state index in [1.807, 2.05) is 0 Å². The third kappa shape index (κ3) is 11.2. The minimum atomic E-state index is 0. The molecule has 0 amide bonds. The van der Waals surface area contributed by atoms with Crippen molar-refractivity contribution in [3.8, 4) is 0 Å². The molecule has 0 aromatic carbocycles. The van der Waals surface area contributed by atoms with Crippen LogP contribution in [0, 0.1) is 19.3 Å². The molecular formula is C15H27Pt-3. The second-order valence-corrected chi connectivity index (χ2v) is 4.72. The molecule has 0 bridgehead atoms. The van der Waals surface area contributed by atoms with Crippen LogP contribution in [0.4, 0.5) is 0 Å². The molecule has 0 saturated heterocycles. The topological polar surface area (TPSA) is 0 Å². The Morgan fingerprint density at radius 1 is 0.375 bits per heavy atom. The molecule has 100 valence electrons. The van der Waals surface area contributed by atoms with E-state index in [4.69, 9.17) is 0 Å². The minimum absolute atomic E-state index is 0. The van der Waals surface area contributed by atoms with Gasteiger partial charge in [0.05, 0.1) is 0 Å². The summed E-state index contributed by atoms with van der Waals surface area (Å²) < 4.78 is 0. The molecule has 0 aliphatic heterocycles. The van der Waals surface area contributed by atoms with Crippen molar-refractivity contribution in [3.63, 3.8) is 0 Å². The molecule has 0 unspecified atom stereocenters. The molecule has 0 atom stereocenters. The quantitative estimate of drug-likeness (QED) is 0.483. The van der Waals surface area contributed by atoms with Crippen molar-refractivity contribution in [2.75, 3.05) is 0 Å². The molecule has 3 aliphatic carbocycles. The van der Waals surface area contributed by atoms with Crippen LogP contribution in [0.3, 0.4) is 0 Å². The van der Waals surface area contributed by atoms with Crippen molar-refractivity contribution in [2.24, 2.45) is 0 Å². The number of hydrogen-bond acceptors (Lipinski definition) is 0. The zero-order valence-corrected chi connectivity index (χ0v) is 12.8. The minimum Gasteiger partial charge on any atom is -0.328 e. The van der Waals surface area contributed by atoms with E-state index in [0.29, 0.717) is 0 Å². The van der Waals surface area contributed by atoms with Crippen LogP contribution in [0.1, 0.15) is 77.0 Å². The van der Waals surface area contributed by atoms with Crippen LogP contribution in [0.5, 0.6) is 0 Å². The molecule has 0 radical (unpaired) electrons. The Hall–Kier alpha value is 0.688. The summed E-state index contributed by atoms with van der Waals surface area (Å²) in [6.45, 7) is 0. The molecule has 0 nitrogen and oxygen atoms in total. The van der Waals surface area contributed by atoms with Gasteiger partial charge in [-0.1, -0.05) is 38.5 Å². The predicted molar refractivity (Wildman–Crippen MR) is 68.3 cm³/mol. The first kappa shape index (κ1) is 16.7. The monoisotopic (exact) mass is 402 g/mol. The second-order valence-electron chi connectivity index (χ2n) is 4.72. The van der Waals surface area contributed by atoms with Gasteiger partial charge in [-0.25, -0.2) is 0 Å². The summed E-state index contributed by atoms with van der Waals surface area (Å²) in [5.41, 5.74) is 0. The summed E-state index contributed by atoms with van der Waals surface area (Å²) in [5, 5.41) is 0. The maximum absolute atomic E-state index is 2.36. The van der Waals surface area contributed by atoms with Gasteiger partial charge >= 0.3 is 0 Å². The van der Waals surface area contributed by atoms with Gasteiger partial charge in [0.2, 0.25) is 0 Å². The standard InChI is InChI=1S/3C5H9.Pt/c3*1-2-4-5-3-1;/h3*1H,2-5H2;/q3*-1;. The summed E-state index contributed by atoms with van der Waals surface area (Å²) in [4.78, 5) is 0. The van der Waals surface area contributed by atoms with Crippen molar-refractivity contribution in [2.45, 2.75) is 77.0 Å². The maximum atomic E-state index is 2.36. The molecule has 3 rings (SSSR count). The number of hydrogen-bond donors (Lipinski definition) is 0. The van der Waals surface area contributed by atoms with Gasteiger partial charge < -0.3 is 19.3 Å². The summed E-state index contributed by atoms with van der Waals surface area (Å²) in [6.07, 6.45) is 24.0. The van der Waals surface area contributed by atoms with Crippen molar-refractivity contribution in [3.05, 3.63) is 19.3 Å². The van der Waals surface area contributed by atoms with Crippen molar-refractivity contribution in [1.29, 1.82) is 0 Å². The van der Waals surface area contributed by atoms with Gasteiger partial charge in [0.25, 0.3) is 0 Å². The Morgan fingerprint density at radius 2 is 0.562 bits per heavy atom. The van der Waals surface area contributed by atoms with Crippen molar-refractivity contribution < 1.29 is 21.1 Å². The molecule has 1 heteroatoms. The third-order valence-corrected chi connectivity index (χ3v) is 3.20. The van der Waals surface area contributed by atoms with Gasteiger partial charge in [-0.05, 0) is 0 Å². The van der Waals surface area contributed by atoms with E-state index in [2.05, 4.69) is 19.3 Å². The zero-order chi connectivity index (χ0) is 10.6. The third-order valence-electron chi connectivity index (χ3n) is 3.20. The van der Waals surface area contributed by atoms with Crippen molar-refractivity contribution in [1.82, 2.24) is 0 Å². The Bertz CT molecular complexity index is 64.0. The van der Waals surface area contributed by atoms with Crippen LogP contribution in [0.15, 0.2) is 0 Å². The average molecular weight is 402 g/mol. The molecular weight excluding hydrogens is 375 g/mol. The van der Waals surface area contributed by atoms with Crippen LogP contribution < -0.4 is 0 Å². The van der Waals surface area contributed by atoms with E-state index in [9.17, 15) is 0 Å². The molecule has 0 aromatic rings. The fourth-order valence-corrected chi connectivity index (χ4v) is 2.17. The molecule has 0 spiro atoms. The largest absolute Gasteiger partial charge is 0.328 e. The van der Waals surface area contributed by atoms with Gasteiger partial charge in [0, 0.05) is 21.1 Å². The first-order valence-corrected chi connectivity index (χ1v) is 6.95. The Labute approximate surface area is 117 Å². The maximum Gasteiger partial charge on any atom is 0 e. The van der Waals surface area contributed by atoms with Crippen LogP contribution in [-0.4, -0.2) is 0 Å². The van der Waals surface area contributed by atoms with Crippen molar-refractivity contribution >= 4 is 0 Å². The summed E-state index contributed by atoms with van der Waals surface area (Å²) >= 11 is 0. The molecule has 0 aromatic heterocycles. The Morgan fingerprint density at radius 3 is 0.625 bits per heavy atom. The molecule has 3 aliphatic rings. The van der Waals surface area contributed by atoms with Gasteiger partial charge in [0.1, 0.15) is 0 Å². The van der Waals surface area contributed by atoms with Gasteiger partial charge in [-0.15, -0.1) is 0 Å². The Balaban J connectivity index is 0.000000205. The molecule has 16 heavy (non-hydrogen) atoms. The smallest absolute Gasteiger partial charge is 0 e. The van der Waals surface area contributed by atoms with E-state index in [-0.39, 0.29) is 21.1 Å².